The SMILES string of the molecule is CC(C)(CO)NC(c1ccccc1)c1ccccc1. The maximum absolute atomic E-state index is 9.47. The summed E-state index contributed by atoms with van der Waals surface area (Å²) in [6, 6.07) is 20.7. The van der Waals surface area contributed by atoms with E-state index in [1.54, 1.807) is 0 Å². The van der Waals surface area contributed by atoms with Gasteiger partial charge in [0.15, 0.2) is 0 Å². The van der Waals surface area contributed by atoms with Crippen LogP contribution in [0.3, 0.4) is 0 Å². The van der Waals surface area contributed by atoms with Gasteiger partial charge in [0, 0.05) is 5.54 Å². The molecule has 2 aromatic carbocycles. The Kier molecular flexibility index (Phi) is 4.35. The molecule has 0 unspecified atom stereocenters. The first kappa shape index (κ1) is 13.8. The summed E-state index contributed by atoms with van der Waals surface area (Å²) in [5.74, 6) is 0. The normalized spacial score (nSPS) is 11.8. The molecule has 2 nitrogen and oxygen atoms in total. The molecule has 0 radical (unpaired) electrons. The molecular formula is C17H21NO. The Morgan fingerprint density at radius 3 is 1.68 bits per heavy atom. The van der Waals surface area contributed by atoms with Gasteiger partial charge in [0.25, 0.3) is 0 Å². The fourth-order valence-corrected chi connectivity index (χ4v) is 2.09. The lowest BCUT2D eigenvalue weighted by atomic mass is 9.95. The van der Waals surface area contributed by atoms with Crippen molar-refractivity contribution in [3.05, 3.63) is 71.8 Å². The van der Waals surface area contributed by atoms with Gasteiger partial charge in [-0.3, -0.25) is 5.32 Å². The van der Waals surface area contributed by atoms with Crippen LogP contribution in [0.25, 0.3) is 0 Å². The van der Waals surface area contributed by atoms with Crippen LogP contribution in [0, 0.1) is 0 Å². The van der Waals surface area contributed by atoms with Crippen molar-refractivity contribution in [2.45, 2.75) is 25.4 Å². The molecule has 2 N–H and O–H groups in total. The van der Waals surface area contributed by atoms with Gasteiger partial charge in [-0.05, 0) is 25.0 Å². The van der Waals surface area contributed by atoms with Crippen LogP contribution in [-0.4, -0.2) is 17.3 Å². The molecule has 0 saturated carbocycles. The standard InChI is InChI=1S/C17H21NO/c1-17(2,13-19)18-16(14-9-5-3-6-10-14)15-11-7-4-8-12-15/h3-12,16,18-19H,13H2,1-2H3. The van der Waals surface area contributed by atoms with E-state index in [1.807, 2.05) is 50.2 Å². The first-order valence-electron chi connectivity index (χ1n) is 6.61. The fraction of sp³-hybridized carbons (Fsp3) is 0.294. The minimum atomic E-state index is -0.323. The largest absolute Gasteiger partial charge is 0.394 e. The monoisotopic (exact) mass is 255 g/mol. The lowest BCUT2D eigenvalue weighted by molar-refractivity contribution is 0.180. The molecule has 0 bridgehead atoms. The van der Waals surface area contributed by atoms with E-state index in [0.717, 1.165) is 0 Å². The first-order chi connectivity index (χ1) is 9.12. The van der Waals surface area contributed by atoms with E-state index in [0.29, 0.717) is 0 Å². The second-order valence-electron chi connectivity index (χ2n) is 5.44. The Morgan fingerprint density at radius 1 is 0.895 bits per heavy atom. The second kappa shape index (κ2) is 6.00. The van der Waals surface area contributed by atoms with Crippen LogP contribution < -0.4 is 5.32 Å². The van der Waals surface area contributed by atoms with Crippen LogP contribution in [0.2, 0.25) is 0 Å². The number of benzene rings is 2. The number of hydrogen-bond acceptors (Lipinski definition) is 2. The fourth-order valence-electron chi connectivity index (χ4n) is 2.09. The zero-order valence-corrected chi connectivity index (χ0v) is 11.5. The van der Waals surface area contributed by atoms with Gasteiger partial charge in [0.2, 0.25) is 0 Å². The summed E-state index contributed by atoms with van der Waals surface area (Å²) in [7, 11) is 0. The molecule has 0 saturated heterocycles. The summed E-state index contributed by atoms with van der Waals surface area (Å²) >= 11 is 0. The summed E-state index contributed by atoms with van der Waals surface area (Å²) < 4.78 is 0. The highest BCUT2D eigenvalue weighted by Gasteiger charge is 2.23. The van der Waals surface area contributed by atoms with E-state index in [4.69, 9.17) is 0 Å². The summed E-state index contributed by atoms with van der Waals surface area (Å²) in [5.41, 5.74) is 2.08. The van der Waals surface area contributed by atoms with Crippen molar-refractivity contribution >= 4 is 0 Å². The third kappa shape index (κ3) is 3.66. The van der Waals surface area contributed by atoms with Gasteiger partial charge >= 0.3 is 0 Å². The van der Waals surface area contributed by atoms with Crippen LogP contribution >= 0.6 is 0 Å². The minimum Gasteiger partial charge on any atom is -0.394 e. The maximum Gasteiger partial charge on any atom is 0.0608 e. The smallest absolute Gasteiger partial charge is 0.0608 e. The molecule has 2 heteroatoms. The Labute approximate surface area is 115 Å². The van der Waals surface area contributed by atoms with Crippen molar-refractivity contribution < 1.29 is 5.11 Å². The zero-order chi connectivity index (χ0) is 13.7. The molecule has 2 rings (SSSR count). The highest BCUT2D eigenvalue weighted by Crippen LogP contribution is 2.24. The number of rotatable bonds is 5. The molecule has 0 aliphatic carbocycles. The molecule has 0 aliphatic heterocycles. The first-order valence-corrected chi connectivity index (χ1v) is 6.61. The summed E-state index contributed by atoms with van der Waals surface area (Å²) in [6.45, 7) is 4.11. The molecule has 0 spiro atoms. The van der Waals surface area contributed by atoms with E-state index < -0.39 is 0 Å². The van der Waals surface area contributed by atoms with Crippen LogP contribution in [0.15, 0.2) is 60.7 Å². The Bertz CT molecular complexity index is 454. The zero-order valence-electron chi connectivity index (χ0n) is 11.5. The van der Waals surface area contributed by atoms with E-state index >= 15 is 0 Å². The summed E-state index contributed by atoms with van der Waals surface area (Å²) in [4.78, 5) is 0. The van der Waals surface area contributed by atoms with Crippen molar-refractivity contribution in [2.24, 2.45) is 0 Å². The average molecular weight is 255 g/mol. The highest BCUT2D eigenvalue weighted by atomic mass is 16.3. The number of hydrogen-bond donors (Lipinski definition) is 2. The van der Waals surface area contributed by atoms with Gasteiger partial charge in [0.1, 0.15) is 0 Å². The summed E-state index contributed by atoms with van der Waals surface area (Å²) in [6.07, 6.45) is 0. The number of nitrogens with one attached hydrogen (secondary N) is 1. The van der Waals surface area contributed by atoms with Crippen molar-refractivity contribution in [2.75, 3.05) is 6.61 Å². The molecule has 19 heavy (non-hydrogen) atoms. The van der Waals surface area contributed by atoms with E-state index in [1.165, 1.54) is 11.1 Å². The molecule has 2 aromatic rings. The molecule has 0 aliphatic rings. The molecule has 0 fully saturated rings. The van der Waals surface area contributed by atoms with Crippen molar-refractivity contribution in [1.82, 2.24) is 5.32 Å². The van der Waals surface area contributed by atoms with Gasteiger partial charge in [-0.1, -0.05) is 60.7 Å². The number of aliphatic hydroxyl groups is 1. The Balaban J connectivity index is 2.35. The Morgan fingerprint density at radius 2 is 1.32 bits per heavy atom. The minimum absolute atomic E-state index is 0.0875. The van der Waals surface area contributed by atoms with Crippen LogP contribution in [-0.2, 0) is 0 Å². The van der Waals surface area contributed by atoms with E-state index in [-0.39, 0.29) is 18.2 Å². The van der Waals surface area contributed by atoms with Crippen molar-refractivity contribution in [1.29, 1.82) is 0 Å². The van der Waals surface area contributed by atoms with E-state index in [2.05, 4.69) is 29.6 Å². The third-order valence-corrected chi connectivity index (χ3v) is 3.20. The van der Waals surface area contributed by atoms with Gasteiger partial charge < -0.3 is 5.11 Å². The molecular weight excluding hydrogens is 234 g/mol. The predicted octanol–water partition coefficient (Wildman–Crippen LogP) is 3.14. The average Bonchev–Trinajstić information content (AvgIpc) is 2.47. The molecule has 0 aromatic heterocycles. The maximum atomic E-state index is 9.47. The van der Waals surface area contributed by atoms with Gasteiger partial charge in [-0.15, -0.1) is 0 Å². The van der Waals surface area contributed by atoms with Crippen LogP contribution in [0.5, 0.6) is 0 Å². The predicted molar refractivity (Wildman–Crippen MR) is 79.0 cm³/mol. The van der Waals surface area contributed by atoms with Gasteiger partial charge in [-0.25, -0.2) is 0 Å². The number of aliphatic hydroxyl groups excluding tert-OH is 1. The van der Waals surface area contributed by atoms with Gasteiger partial charge in [0.05, 0.1) is 12.6 Å². The quantitative estimate of drug-likeness (QED) is 0.860. The molecule has 0 amide bonds. The van der Waals surface area contributed by atoms with Crippen LogP contribution in [0.4, 0.5) is 0 Å². The van der Waals surface area contributed by atoms with Gasteiger partial charge in [-0.2, -0.15) is 0 Å². The molecule has 0 heterocycles. The topological polar surface area (TPSA) is 32.3 Å². The van der Waals surface area contributed by atoms with Crippen LogP contribution in [0.1, 0.15) is 31.0 Å². The molecule has 0 atom stereocenters. The van der Waals surface area contributed by atoms with E-state index in [9.17, 15) is 5.11 Å². The lowest BCUT2D eigenvalue weighted by Gasteiger charge is -2.31. The Hall–Kier alpha value is -1.64. The van der Waals surface area contributed by atoms with Crippen molar-refractivity contribution in [3.63, 3.8) is 0 Å². The lowest BCUT2D eigenvalue weighted by Crippen LogP contribution is -2.45. The summed E-state index contributed by atoms with van der Waals surface area (Å²) in [5, 5.41) is 13.0. The van der Waals surface area contributed by atoms with Crippen molar-refractivity contribution in [3.8, 4) is 0 Å². The second-order valence-corrected chi connectivity index (χ2v) is 5.44. The molecule has 100 valence electrons. The third-order valence-electron chi connectivity index (χ3n) is 3.20. The highest BCUT2D eigenvalue weighted by molar-refractivity contribution is 5.32.